The van der Waals surface area contributed by atoms with E-state index >= 15 is 0 Å². The van der Waals surface area contributed by atoms with Gasteiger partial charge >= 0.3 is 12.0 Å². The molecule has 1 aliphatic rings. The molecule has 12 heteroatoms. The SMILES string of the molecule is COc1cc(/C=C2\C(=O)NC(=O)N(c3ccc(Br)cc3)C2=O)ccc1OC(=O)c1ccc([N+](=O)[O-])cc1. The van der Waals surface area contributed by atoms with E-state index in [1.165, 1.54) is 55.7 Å². The van der Waals surface area contributed by atoms with Crippen molar-refractivity contribution in [2.24, 2.45) is 0 Å². The lowest BCUT2D eigenvalue weighted by Gasteiger charge is -2.26. The number of amides is 4. The fourth-order valence-electron chi connectivity index (χ4n) is 3.39. The number of carbonyl (C=O) groups excluding carboxylic acids is 4. The molecule has 0 spiro atoms. The minimum atomic E-state index is -0.874. The van der Waals surface area contributed by atoms with Gasteiger partial charge in [-0.05, 0) is 60.2 Å². The van der Waals surface area contributed by atoms with Crippen molar-refractivity contribution < 1.29 is 33.6 Å². The van der Waals surface area contributed by atoms with Gasteiger partial charge in [0.2, 0.25) is 0 Å². The molecule has 1 N–H and O–H groups in total. The van der Waals surface area contributed by atoms with Crippen LogP contribution in [0.4, 0.5) is 16.2 Å². The molecule has 0 atom stereocenters. The highest BCUT2D eigenvalue weighted by molar-refractivity contribution is 9.10. The summed E-state index contributed by atoms with van der Waals surface area (Å²) < 4.78 is 11.4. The van der Waals surface area contributed by atoms with Gasteiger partial charge in [-0.2, -0.15) is 0 Å². The van der Waals surface area contributed by atoms with E-state index in [4.69, 9.17) is 9.47 Å². The van der Waals surface area contributed by atoms with Crippen molar-refractivity contribution in [1.29, 1.82) is 0 Å². The molecule has 0 radical (unpaired) electrons. The number of nitrogens with zero attached hydrogens (tertiary/aromatic N) is 2. The number of nitro benzene ring substituents is 1. The number of esters is 1. The van der Waals surface area contributed by atoms with Gasteiger partial charge in [-0.25, -0.2) is 14.5 Å². The molecule has 3 aromatic carbocycles. The monoisotopic (exact) mass is 565 g/mol. The largest absolute Gasteiger partial charge is 0.493 e. The van der Waals surface area contributed by atoms with Crippen LogP contribution in [0.15, 0.2) is 76.8 Å². The van der Waals surface area contributed by atoms with E-state index in [0.29, 0.717) is 5.56 Å². The minimum absolute atomic E-state index is 0.0408. The van der Waals surface area contributed by atoms with Crippen LogP contribution in [0.5, 0.6) is 11.5 Å². The van der Waals surface area contributed by atoms with Crippen LogP contribution in [0.1, 0.15) is 15.9 Å². The fraction of sp³-hybridized carbons (Fsp3) is 0.0400. The van der Waals surface area contributed by atoms with Crippen molar-refractivity contribution in [2.45, 2.75) is 0 Å². The zero-order chi connectivity index (χ0) is 26.7. The normalized spacial score (nSPS) is 14.4. The Morgan fingerprint density at radius 3 is 2.30 bits per heavy atom. The van der Waals surface area contributed by atoms with Crippen molar-refractivity contribution in [3.05, 3.63) is 98.0 Å². The van der Waals surface area contributed by atoms with Gasteiger partial charge in [0, 0.05) is 16.6 Å². The summed E-state index contributed by atoms with van der Waals surface area (Å²) >= 11 is 3.28. The number of nitro groups is 1. The summed E-state index contributed by atoms with van der Waals surface area (Å²) in [7, 11) is 1.34. The van der Waals surface area contributed by atoms with Crippen LogP contribution in [0.25, 0.3) is 6.08 Å². The third-order valence-corrected chi connectivity index (χ3v) is 5.73. The van der Waals surface area contributed by atoms with Gasteiger partial charge in [0.25, 0.3) is 17.5 Å². The van der Waals surface area contributed by atoms with Gasteiger partial charge in [0.1, 0.15) is 5.57 Å². The second-order valence-corrected chi connectivity index (χ2v) is 8.45. The molecule has 1 saturated heterocycles. The van der Waals surface area contributed by atoms with Crippen LogP contribution in [-0.2, 0) is 9.59 Å². The lowest BCUT2D eigenvalue weighted by molar-refractivity contribution is -0.384. The zero-order valence-corrected chi connectivity index (χ0v) is 20.6. The first-order valence-corrected chi connectivity index (χ1v) is 11.3. The summed E-state index contributed by atoms with van der Waals surface area (Å²) in [5.74, 6) is -2.29. The number of anilines is 1. The van der Waals surface area contributed by atoms with E-state index in [-0.39, 0.29) is 34.0 Å². The van der Waals surface area contributed by atoms with Crippen LogP contribution < -0.4 is 19.7 Å². The molecule has 186 valence electrons. The molecule has 0 bridgehead atoms. The Kier molecular flexibility index (Phi) is 7.11. The molecule has 4 amide bonds. The van der Waals surface area contributed by atoms with Gasteiger partial charge < -0.3 is 9.47 Å². The number of hydrogen-bond donors (Lipinski definition) is 1. The van der Waals surface area contributed by atoms with E-state index in [2.05, 4.69) is 21.2 Å². The van der Waals surface area contributed by atoms with E-state index in [0.717, 1.165) is 9.37 Å². The van der Waals surface area contributed by atoms with E-state index in [1.54, 1.807) is 24.3 Å². The van der Waals surface area contributed by atoms with Crippen molar-refractivity contribution in [3.8, 4) is 11.5 Å². The predicted octanol–water partition coefficient (Wildman–Crippen LogP) is 4.25. The smallest absolute Gasteiger partial charge is 0.343 e. The number of halogens is 1. The molecule has 1 aliphatic heterocycles. The van der Waals surface area contributed by atoms with Crippen LogP contribution in [0.3, 0.4) is 0 Å². The number of carbonyl (C=O) groups is 4. The van der Waals surface area contributed by atoms with Crippen LogP contribution in [0.2, 0.25) is 0 Å². The summed E-state index contributed by atoms with van der Waals surface area (Å²) in [6.45, 7) is 0. The first-order chi connectivity index (χ1) is 17.7. The molecule has 0 aliphatic carbocycles. The van der Waals surface area contributed by atoms with Gasteiger partial charge in [0.15, 0.2) is 11.5 Å². The maximum atomic E-state index is 13.0. The molecule has 0 saturated carbocycles. The molecule has 11 nitrogen and oxygen atoms in total. The van der Waals surface area contributed by atoms with Gasteiger partial charge in [0.05, 0.1) is 23.3 Å². The summed E-state index contributed by atoms with van der Waals surface area (Å²) in [6, 6.07) is 14.7. The lowest BCUT2D eigenvalue weighted by Crippen LogP contribution is -2.54. The summed E-state index contributed by atoms with van der Waals surface area (Å²) in [4.78, 5) is 61.4. The number of methoxy groups -OCH3 is 1. The van der Waals surface area contributed by atoms with Crippen molar-refractivity contribution in [2.75, 3.05) is 12.0 Å². The molecule has 37 heavy (non-hydrogen) atoms. The number of imide groups is 2. The topological polar surface area (TPSA) is 145 Å². The zero-order valence-electron chi connectivity index (χ0n) is 19.0. The Balaban J connectivity index is 1.59. The average Bonchev–Trinajstić information content (AvgIpc) is 2.88. The molecule has 1 heterocycles. The summed E-state index contributed by atoms with van der Waals surface area (Å²) in [6.07, 6.45) is 1.28. The molecule has 0 aromatic heterocycles. The number of benzene rings is 3. The Hall–Kier alpha value is -4.84. The Morgan fingerprint density at radius 2 is 1.68 bits per heavy atom. The van der Waals surface area contributed by atoms with Crippen LogP contribution in [-0.4, -0.2) is 35.8 Å². The van der Waals surface area contributed by atoms with Crippen LogP contribution in [0, 0.1) is 10.1 Å². The number of urea groups is 1. The first kappa shape index (κ1) is 25.3. The molecule has 1 fully saturated rings. The highest BCUT2D eigenvalue weighted by Crippen LogP contribution is 2.31. The second kappa shape index (κ2) is 10.4. The van der Waals surface area contributed by atoms with Gasteiger partial charge in [-0.15, -0.1) is 0 Å². The van der Waals surface area contributed by atoms with E-state index in [1.807, 2.05) is 0 Å². The van der Waals surface area contributed by atoms with Crippen molar-refractivity contribution in [3.63, 3.8) is 0 Å². The molecule has 4 rings (SSSR count). The predicted molar refractivity (Wildman–Crippen MR) is 134 cm³/mol. The second-order valence-electron chi connectivity index (χ2n) is 7.54. The average molecular weight is 566 g/mol. The Bertz CT molecular complexity index is 1470. The minimum Gasteiger partial charge on any atom is -0.493 e. The number of barbiturate groups is 1. The number of ether oxygens (including phenoxy) is 2. The van der Waals surface area contributed by atoms with Gasteiger partial charge in [-0.1, -0.05) is 22.0 Å². The quantitative estimate of drug-likeness (QED) is 0.116. The standard InChI is InChI=1S/C25H16BrN3O8/c1-36-21-13-14(2-11-20(21)37-24(32)15-3-7-18(8-4-15)29(34)35)12-19-22(30)27-25(33)28(23(19)31)17-9-5-16(26)6-10-17/h2-13H,1H3,(H,27,30,33)/b19-12+. The third-order valence-electron chi connectivity index (χ3n) is 5.20. The Labute approximate surface area is 217 Å². The van der Waals surface area contributed by atoms with Crippen molar-refractivity contribution >= 4 is 57.2 Å². The van der Waals surface area contributed by atoms with E-state index in [9.17, 15) is 29.3 Å². The summed E-state index contributed by atoms with van der Waals surface area (Å²) in [5.41, 5.74) is 0.250. The maximum absolute atomic E-state index is 13.0. The van der Waals surface area contributed by atoms with Crippen molar-refractivity contribution in [1.82, 2.24) is 5.32 Å². The molecule has 0 unspecified atom stereocenters. The number of rotatable bonds is 6. The molecular formula is C25H16BrN3O8. The fourth-order valence-corrected chi connectivity index (χ4v) is 3.65. The molecular weight excluding hydrogens is 550 g/mol. The third kappa shape index (κ3) is 5.38. The summed E-state index contributed by atoms with van der Waals surface area (Å²) in [5, 5.41) is 12.9. The highest BCUT2D eigenvalue weighted by Gasteiger charge is 2.36. The van der Waals surface area contributed by atoms with Gasteiger partial charge in [-0.3, -0.25) is 25.0 Å². The number of nitrogens with one attached hydrogen (secondary N) is 1. The Morgan fingerprint density at radius 1 is 1.00 bits per heavy atom. The maximum Gasteiger partial charge on any atom is 0.343 e. The molecule has 3 aromatic rings. The first-order valence-electron chi connectivity index (χ1n) is 10.5. The number of non-ortho nitro benzene ring substituents is 1. The number of hydrogen-bond acceptors (Lipinski definition) is 8. The lowest BCUT2D eigenvalue weighted by atomic mass is 10.1. The van der Waals surface area contributed by atoms with Crippen LogP contribution >= 0.6 is 15.9 Å². The highest BCUT2D eigenvalue weighted by atomic mass is 79.9. The van der Waals surface area contributed by atoms with E-state index < -0.39 is 28.7 Å².